The van der Waals surface area contributed by atoms with Crippen LogP contribution in [0.4, 0.5) is 0 Å². The molecule has 1 aliphatic heterocycles. The summed E-state index contributed by atoms with van der Waals surface area (Å²) in [5.74, 6) is -0.0723. The number of piperazine rings is 1. The number of rotatable bonds is 2. The van der Waals surface area contributed by atoms with Gasteiger partial charge < -0.3 is 15.2 Å². The van der Waals surface area contributed by atoms with Gasteiger partial charge in [-0.15, -0.1) is 0 Å². The van der Waals surface area contributed by atoms with E-state index in [1.807, 2.05) is 44.3 Å². The first-order valence-corrected chi connectivity index (χ1v) is 7.24. The molecule has 2 aromatic rings. The van der Waals surface area contributed by atoms with E-state index in [0.717, 1.165) is 10.9 Å². The van der Waals surface area contributed by atoms with Crippen molar-refractivity contribution in [3.63, 3.8) is 0 Å². The summed E-state index contributed by atoms with van der Waals surface area (Å²) in [6.07, 6.45) is 1.82. The highest BCUT2D eigenvalue weighted by Crippen LogP contribution is 2.22. The van der Waals surface area contributed by atoms with Crippen molar-refractivity contribution in [1.82, 2.24) is 15.2 Å². The molecule has 2 amide bonds. The number of amides is 2. The summed E-state index contributed by atoms with van der Waals surface area (Å²) in [4.78, 5) is 29.8. The Morgan fingerprint density at radius 2 is 2.14 bits per heavy atom. The Morgan fingerprint density at radius 3 is 2.90 bits per heavy atom. The minimum Gasteiger partial charge on any atom is -0.361 e. The summed E-state index contributed by atoms with van der Waals surface area (Å²) in [6, 6.07) is 7.18. The first-order chi connectivity index (χ1) is 10.1. The van der Waals surface area contributed by atoms with E-state index in [9.17, 15) is 9.59 Å². The third kappa shape index (κ3) is 2.28. The second-order valence-corrected chi connectivity index (χ2v) is 5.73. The first-order valence-electron chi connectivity index (χ1n) is 7.24. The van der Waals surface area contributed by atoms with E-state index in [1.54, 1.807) is 4.90 Å². The van der Waals surface area contributed by atoms with Crippen LogP contribution in [0, 0.1) is 5.92 Å². The second kappa shape index (κ2) is 5.24. The highest BCUT2D eigenvalue weighted by Gasteiger charge is 2.36. The van der Waals surface area contributed by atoms with Crippen LogP contribution < -0.4 is 5.32 Å². The second-order valence-electron chi connectivity index (χ2n) is 5.73. The summed E-state index contributed by atoms with van der Waals surface area (Å²) in [5, 5.41) is 3.84. The van der Waals surface area contributed by atoms with Crippen molar-refractivity contribution in [2.75, 3.05) is 13.1 Å². The van der Waals surface area contributed by atoms with Gasteiger partial charge in [0, 0.05) is 24.7 Å². The molecular formula is C16H19N3O2. The monoisotopic (exact) mass is 285 g/mol. The van der Waals surface area contributed by atoms with Gasteiger partial charge in [0.1, 0.15) is 6.04 Å². The lowest BCUT2D eigenvalue weighted by Crippen LogP contribution is -2.59. The van der Waals surface area contributed by atoms with E-state index in [0.29, 0.717) is 18.7 Å². The fourth-order valence-corrected chi connectivity index (χ4v) is 2.99. The largest absolute Gasteiger partial charge is 0.361 e. The number of nitrogens with one attached hydrogen (secondary N) is 2. The molecule has 1 aliphatic rings. The van der Waals surface area contributed by atoms with Gasteiger partial charge >= 0.3 is 0 Å². The third-order valence-electron chi connectivity index (χ3n) is 3.97. The molecule has 2 N–H and O–H groups in total. The normalized spacial score (nSPS) is 19.1. The van der Waals surface area contributed by atoms with Gasteiger partial charge in [-0.1, -0.05) is 26.0 Å². The van der Waals surface area contributed by atoms with Crippen molar-refractivity contribution in [2.45, 2.75) is 19.9 Å². The molecule has 2 heterocycles. The van der Waals surface area contributed by atoms with Crippen LogP contribution in [0.1, 0.15) is 24.2 Å². The number of hydrogen-bond donors (Lipinski definition) is 2. The summed E-state index contributed by atoms with van der Waals surface area (Å²) in [6.45, 7) is 4.98. The Balaban J connectivity index is 2.00. The lowest BCUT2D eigenvalue weighted by molar-refractivity contribution is -0.129. The van der Waals surface area contributed by atoms with Gasteiger partial charge in [0.2, 0.25) is 5.91 Å². The predicted octanol–water partition coefficient (Wildman–Crippen LogP) is 1.76. The number of fused-ring (bicyclic) bond motifs is 1. The third-order valence-corrected chi connectivity index (χ3v) is 3.97. The molecule has 3 rings (SSSR count). The quantitative estimate of drug-likeness (QED) is 0.883. The predicted molar refractivity (Wildman–Crippen MR) is 81.0 cm³/mol. The van der Waals surface area contributed by atoms with Crippen LogP contribution in [0.3, 0.4) is 0 Å². The first kappa shape index (κ1) is 13.7. The fourth-order valence-electron chi connectivity index (χ4n) is 2.99. The molecule has 5 nitrogen and oxygen atoms in total. The van der Waals surface area contributed by atoms with E-state index in [1.165, 1.54) is 0 Å². The SMILES string of the molecule is CC(C)[C@@H]1C(=O)NCCN1C(=O)c1cccc2cc[nH]c12. The van der Waals surface area contributed by atoms with E-state index in [4.69, 9.17) is 0 Å². The Morgan fingerprint density at radius 1 is 1.33 bits per heavy atom. The maximum Gasteiger partial charge on any atom is 0.256 e. The molecule has 0 radical (unpaired) electrons. The van der Waals surface area contributed by atoms with Crippen LogP contribution in [0.2, 0.25) is 0 Å². The van der Waals surface area contributed by atoms with Gasteiger partial charge in [0.25, 0.3) is 5.91 Å². The Bertz CT molecular complexity index is 690. The van der Waals surface area contributed by atoms with Gasteiger partial charge in [-0.3, -0.25) is 9.59 Å². The molecule has 0 aliphatic carbocycles. The number of carbonyl (C=O) groups excluding carboxylic acids is 2. The molecule has 1 saturated heterocycles. The molecule has 110 valence electrons. The Hall–Kier alpha value is -2.30. The highest BCUT2D eigenvalue weighted by atomic mass is 16.2. The summed E-state index contributed by atoms with van der Waals surface area (Å²) in [7, 11) is 0. The van der Waals surface area contributed by atoms with Crippen LogP contribution >= 0.6 is 0 Å². The lowest BCUT2D eigenvalue weighted by atomic mass is 9.98. The fraction of sp³-hybridized carbons (Fsp3) is 0.375. The smallest absolute Gasteiger partial charge is 0.256 e. The zero-order valence-corrected chi connectivity index (χ0v) is 12.2. The van der Waals surface area contributed by atoms with Crippen molar-refractivity contribution in [2.24, 2.45) is 5.92 Å². The van der Waals surface area contributed by atoms with Crippen molar-refractivity contribution in [3.05, 3.63) is 36.0 Å². The maximum absolute atomic E-state index is 12.9. The van der Waals surface area contributed by atoms with Crippen molar-refractivity contribution < 1.29 is 9.59 Å². The number of H-pyrrole nitrogens is 1. The molecule has 0 unspecified atom stereocenters. The van der Waals surface area contributed by atoms with Gasteiger partial charge in [-0.25, -0.2) is 0 Å². The molecule has 0 saturated carbocycles. The lowest BCUT2D eigenvalue weighted by Gasteiger charge is -2.37. The maximum atomic E-state index is 12.9. The average Bonchev–Trinajstić information content (AvgIpc) is 2.94. The Labute approximate surface area is 123 Å². The molecule has 1 fully saturated rings. The van der Waals surface area contributed by atoms with E-state index in [2.05, 4.69) is 10.3 Å². The number of nitrogens with zero attached hydrogens (tertiary/aromatic N) is 1. The molecule has 21 heavy (non-hydrogen) atoms. The molecule has 1 aromatic heterocycles. The van der Waals surface area contributed by atoms with Crippen molar-refractivity contribution in [1.29, 1.82) is 0 Å². The minimum absolute atomic E-state index is 0.0664. The summed E-state index contributed by atoms with van der Waals surface area (Å²) >= 11 is 0. The summed E-state index contributed by atoms with van der Waals surface area (Å²) < 4.78 is 0. The standard InChI is InChI=1S/C16H19N3O2/c1-10(2)14-15(20)18-8-9-19(14)16(21)12-5-3-4-11-6-7-17-13(11)12/h3-7,10,14,17H,8-9H2,1-2H3,(H,18,20)/t14-/m1/s1. The van der Waals surface area contributed by atoms with Gasteiger partial charge in [0.15, 0.2) is 0 Å². The Kier molecular flexibility index (Phi) is 3.41. The van der Waals surface area contributed by atoms with Crippen LogP contribution in [-0.2, 0) is 4.79 Å². The number of hydrogen-bond acceptors (Lipinski definition) is 2. The number of carbonyl (C=O) groups is 2. The zero-order chi connectivity index (χ0) is 15.0. The van der Waals surface area contributed by atoms with E-state index in [-0.39, 0.29) is 17.7 Å². The molecule has 1 aromatic carbocycles. The minimum atomic E-state index is -0.406. The highest BCUT2D eigenvalue weighted by molar-refractivity contribution is 6.07. The van der Waals surface area contributed by atoms with Crippen molar-refractivity contribution in [3.8, 4) is 0 Å². The van der Waals surface area contributed by atoms with Crippen LogP contribution in [0.25, 0.3) is 10.9 Å². The summed E-state index contributed by atoms with van der Waals surface area (Å²) in [5.41, 5.74) is 1.45. The topological polar surface area (TPSA) is 65.2 Å². The average molecular weight is 285 g/mol. The molecule has 5 heteroatoms. The zero-order valence-electron chi connectivity index (χ0n) is 12.2. The van der Waals surface area contributed by atoms with Crippen LogP contribution in [-0.4, -0.2) is 40.8 Å². The van der Waals surface area contributed by atoms with Gasteiger partial charge in [-0.05, 0) is 18.1 Å². The van der Waals surface area contributed by atoms with Gasteiger partial charge in [0.05, 0.1) is 11.1 Å². The number of aromatic amines is 1. The van der Waals surface area contributed by atoms with E-state index < -0.39 is 6.04 Å². The van der Waals surface area contributed by atoms with Crippen LogP contribution in [0.15, 0.2) is 30.5 Å². The molecule has 0 spiro atoms. The molecule has 1 atom stereocenters. The van der Waals surface area contributed by atoms with Gasteiger partial charge in [-0.2, -0.15) is 0 Å². The van der Waals surface area contributed by atoms with E-state index >= 15 is 0 Å². The molecule has 0 bridgehead atoms. The van der Waals surface area contributed by atoms with Crippen LogP contribution in [0.5, 0.6) is 0 Å². The molecular weight excluding hydrogens is 266 g/mol. The number of benzene rings is 1. The van der Waals surface area contributed by atoms with Crippen molar-refractivity contribution >= 4 is 22.7 Å². The number of aromatic nitrogens is 1. The number of para-hydroxylation sites is 1.